The monoisotopic (exact) mass is 279 g/mol. The van der Waals surface area contributed by atoms with Crippen LogP contribution in [0, 0.1) is 5.21 Å². The highest BCUT2D eigenvalue weighted by Crippen LogP contribution is 2.22. The van der Waals surface area contributed by atoms with Gasteiger partial charge in [0.15, 0.2) is 6.20 Å². The Morgan fingerprint density at radius 2 is 1.89 bits per heavy atom. The van der Waals surface area contributed by atoms with Gasteiger partial charge in [0.1, 0.15) is 11.5 Å². The molecule has 5 nitrogen and oxygen atoms in total. The third-order valence-corrected chi connectivity index (χ3v) is 2.63. The van der Waals surface area contributed by atoms with E-state index in [0.29, 0.717) is 21.8 Å². The van der Waals surface area contributed by atoms with Crippen molar-refractivity contribution in [1.82, 2.24) is 0 Å². The molecule has 6 heteroatoms. The van der Waals surface area contributed by atoms with Gasteiger partial charge in [-0.3, -0.25) is 0 Å². The molecule has 0 saturated heterocycles. The van der Waals surface area contributed by atoms with Crippen molar-refractivity contribution in [3.05, 3.63) is 58.5 Å². The summed E-state index contributed by atoms with van der Waals surface area (Å²) < 4.78 is 10.6. The van der Waals surface area contributed by atoms with Gasteiger partial charge < -0.3 is 14.7 Å². The quantitative estimate of drug-likeness (QED) is 0.375. The molecule has 0 aliphatic rings. The number of aromatic nitrogens is 1. The Hall–Kier alpha value is -2.27. The zero-order valence-electron chi connectivity index (χ0n) is 10.00. The summed E-state index contributed by atoms with van der Waals surface area (Å²) in [6.45, 7) is 0. The van der Waals surface area contributed by atoms with E-state index in [9.17, 15) is 10.0 Å². The second-order valence-corrected chi connectivity index (χ2v) is 4.02. The average Bonchev–Trinajstić information content (AvgIpc) is 2.43. The van der Waals surface area contributed by atoms with E-state index in [2.05, 4.69) is 4.74 Å². The molecule has 0 aliphatic carbocycles. The Morgan fingerprint density at radius 1 is 1.21 bits per heavy atom. The molecule has 0 aliphatic heterocycles. The summed E-state index contributed by atoms with van der Waals surface area (Å²) in [7, 11) is 1.32. The van der Waals surface area contributed by atoms with Crippen LogP contribution in [0.15, 0.2) is 42.6 Å². The lowest BCUT2D eigenvalue weighted by Crippen LogP contribution is -2.26. The number of ether oxygens (including phenoxy) is 2. The molecule has 2 rings (SSSR count). The third-order valence-electron chi connectivity index (χ3n) is 2.36. The van der Waals surface area contributed by atoms with Crippen LogP contribution in [-0.2, 0) is 4.74 Å². The highest BCUT2D eigenvalue weighted by atomic mass is 35.5. The zero-order chi connectivity index (χ0) is 13.8. The molecule has 1 heterocycles. The Labute approximate surface area is 114 Å². The highest BCUT2D eigenvalue weighted by molar-refractivity contribution is 6.28. The fourth-order valence-corrected chi connectivity index (χ4v) is 1.58. The second-order valence-electron chi connectivity index (χ2n) is 3.63. The maximum absolute atomic E-state index is 11.2. The number of pyridine rings is 1. The number of esters is 1. The summed E-state index contributed by atoms with van der Waals surface area (Å²) in [5.74, 6) is 0.539. The van der Waals surface area contributed by atoms with Crippen molar-refractivity contribution < 1.29 is 19.0 Å². The first-order valence-electron chi connectivity index (χ1n) is 5.35. The lowest BCUT2D eigenvalue weighted by atomic mass is 10.2. The lowest BCUT2D eigenvalue weighted by molar-refractivity contribution is -0.603. The van der Waals surface area contributed by atoms with Gasteiger partial charge >= 0.3 is 5.97 Å². The van der Waals surface area contributed by atoms with Crippen LogP contribution in [0.1, 0.15) is 10.4 Å². The molecule has 0 bridgehead atoms. The van der Waals surface area contributed by atoms with Gasteiger partial charge in [-0.2, -0.15) is 4.73 Å². The molecule has 0 radical (unpaired) electrons. The Morgan fingerprint density at radius 3 is 2.47 bits per heavy atom. The van der Waals surface area contributed by atoms with Crippen molar-refractivity contribution in [3.63, 3.8) is 0 Å². The molecule has 98 valence electrons. The largest absolute Gasteiger partial charge is 0.618 e. The highest BCUT2D eigenvalue weighted by Gasteiger charge is 2.07. The number of benzene rings is 1. The predicted molar refractivity (Wildman–Crippen MR) is 68.3 cm³/mol. The van der Waals surface area contributed by atoms with Gasteiger partial charge in [0.25, 0.3) is 5.15 Å². The van der Waals surface area contributed by atoms with Crippen LogP contribution in [0.5, 0.6) is 11.5 Å². The molecule has 0 amide bonds. The standard InChI is InChI=1S/C13H10ClNO4/c1-18-13(16)9-2-4-10(5-3-9)19-11-6-7-15(17)12(14)8-11/h2-8H,1H3. The Kier molecular flexibility index (Phi) is 3.87. The summed E-state index contributed by atoms with van der Waals surface area (Å²) in [6.07, 6.45) is 1.25. The van der Waals surface area contributed by atoms with Gasteiger partial charge in [-0.25, -0.2) is 4.79 Å². The number of carbonyl (C=O) groups is 1. The predicted octanol–water partition coefficient (Wildman–Crippen LogP) is 2.55. The van der Waals surface area contributed by atoms with Crippen molar-refractivity contribution in [1.29, 1.82) is 0 Å². The molecule has 0 fully saturated rings. The van der Waals surface area contributed by atoms with E-state index in [1.54, 1.807) is 24.3 Å². The second kappa shape index (κ2) is 5.58. The Bertz CT molecular complexity index is 598. The molecule has 0 unspecified atom stereocenters. The fraction of sp³-hybridized carbons (Fsp3) is 0.0769. The zero-order valence-corrected chi connectivity index (χ0v) is 10.8. The summed E-state index contributed by atoms with van der Waals surface area (Å²) in [5.41, 5.74) is 0.429. The molecule has 0 atom stereocenters. The number of hydrogen-bond donors (Lipinski definition) is 0. The van der Waals surface area contributed by atoms with Gasteiger partial charge in [-0.05, 0) is 35.9 Å². The van der Waals surface area contributed by atoms with Gasteiger partial charge in [-0.1, -0.05) is 0 Å². The molecule has 0 saturated carbocycles. The van der Waals surface area contributed by atoms with E-state index in [4.69, 9.17) is 16.3 Å². The lowest BCUT2D eigenvalue weighted by Gasteiger charge is -2.06. The van der Waals surface area contributed by atoms with Crippen molar-refractivity contribution in [2.75, 3.05) is 7.11 Å². The normalized spacial score (nSPS) is 10.0. The van der Waals surface area contributed by atoms with E-state index < -0.39 is 5.97 Å². The van der Waals surface area contributed by atoms with Crippen LogP contribution in [0.2, 0.25) is 5.15 Å². The third kappa shape index (κ3) is 3.14. The topological polar surface area (TPSA) is 62.5 Å². The summed E-state index contributed by atoms with van der Waals surface area (Å²) in [4.78, 5) is 11.2. The van der Waals surface area contributed by atoms with Crippen LogP contribution in [0.3, 0.4) is 0 Å². The molecule has 1 aromatic heterocycles. The van der Waals surface area contributed by atoms with Crippen LogP contribution in [0.4, 0.5) is 0 Å². The number of carbonyl (C=O) groups excluding carboxylic acids is 1. The minimum Gasteiger partial charge on any atom is -0.618 e. The van der Waals surface area contributed by atoms with Crippen molar-refractivity contribution in [3.8, 4) is 11.5 Å². The summed E-state index contributed by atoms with van der Waals surface area (Å²) in [5, 5.41) is 11.1. The first-order chi connectivity index (χ1) is 9.10. The van der Waals surface area contributed by atoms with Crippen molar-refractivity contribution in [2.24, 2.45) is 0 Å². The summed E-state index contributed by atoms with van der Waals surface area (Å²) >= 11 is 5.67. The van der Waals surface area contributed by atoms with Gasteiger partial charge in [0.2, 0.25) is 0 Å². The van der Waals surface area contributed by atoms with Gasteiger partial charge in [0.05, 0.1) is 18.7 Å². The number of methoxy groups -OCH3 is 1. The van der Waals surface area contributed by atoms with Gasteiger partial charge in [-0.15, -0.1) is 0 Å². The average molecular weight is 280 g/mol. The fourth-order valence-electron chi connectivity index (χ4n) is 1.42. The maximum atomic E-state index is 11.2. The van der Waals surface area contributed by atoms with E-state index >= 15 is 0 Å². The van der Waals surface area contributed by atoms with Crippen molar-refractivity contribution >= 4 is 17.6 Å². The Balaban J connectivity index is 2.15. The number of rotatable bonds is 3. The van der Waals surface area contributed by atoms with Crippen LogP contribution in [0.25, 0.3) is 0 Å². The number of nitrogens with zero attached hydrogens (tertiary/aromatic N) is 1. The van der Waals surface area contributed by atoms with Crippen LogP contribution in [-0.4, -0.2) is 13.1 Å². The van der Waals surface area contributed by atoms with Crippen LogP contribution < -0.4 is 9.47 Å². The van der Waals surface area contributed by atoms with E-state index in [0.717, 1.165) is 0 Å². The number of halogens is 1. The summed E-state index contributed by atoms with van der Waals surface area (Å²) in [6, 6.07) is 9.31. The molecule has 0 N–H and O–H groups in total. The first kappa shape index (κ1) is 13.2. The molecular weight excluding hydrogens is 270 g/mol. The first-order valence-corrected chi connectivity index (χ1v) is 5.73. The minimum absolute atomic E-state index is 0.0173. The van der Waals surface area contributed by atoms with E-state index in [-0.39, 0.29) is 5.15 Å². The maximum Gasteiger partial charge on any atom is 0.337 e. The minimum atomic E-state index is -0.415. The van der Waals surface area contributed by atoms with Crippen LogP contribution >= 0.6 is 11.6 Å². The molecule has 2 aromatic rings. The molecule has 19 heavy (non-hydrogen) atoms. The van der Waals surface area contributed by atoms with Gasteiger partial charge in [0, 0.05) is 6.07 Å². The number of hydrogen-bond acceptors (Lipinski definition) is 4. The van der Waals surface area contributed by atoms with Crippen molar-refractivity contribution in [2.45, 2.75) is 0 Å². The molecule has 0 spiro atoms. The molecule has 1 aromatic carbocycles. The van der Waals surface area contributed by atoms with E-state index in [1.807, 2.05) is 0 Å². The smallest absolute Gasteiger partial charge is 0.337 e. The SMILES string of the molecule is COC(=O)c1ccc(Oc2cc[n+]([O-])c(Cl)c2)cc1. The van der Waals surface area contributed by atoms with E-state index in [1.165, 1.54) is 25.4 Å². The molecular formula is C13H10ClNO4.